The number of methoxy groups -OCH3 is 1. The largest absolute Gasteiger partial charge is 0.382 e. The van der Waals surface area contributed by atoms with E-state index in [-0.39, 0.29) is 17.6 Å². The molecule has 0 radical (unpaired) electrons. The lowest BCUT2D eigenvalue weighted by Gasteiger charge is -2.43. The standard InChI is InChI=1S/C20H32N2O4S/c1-15(2)21-19(23)17-14-16-4-10-26-20(18(16)27-17)5-7-22(8-6-20)9-11-25-13-12-24-3/h14-15H,4-13H2,1-3H3,(H,21,23). The number of carbonyl (C=O) groups is 1. The molecule has 3 heterocycles. The van der Waals surface area contributed by atoms with E-state index in [0.717, 1.165) is 57.0 Å². The van der Waals surface area contributed by atoms with Gasteiger partial charge >= 0.3 is 0 Å². The van der Waals surface area contributed by atoms with Crippen molar-refractivity contribution in [3.05, 3.63) is 21.4 Å². The molecular formula is C20H32N2O4S. The molecule has 3 rings (SSSR count). The van der Waals surface area contributed by atoms with Crippen molar-refractivity contribution in [3.8, 4) is 0 Å². The highest BCUT2D eigenvalue weighted by Crippen LogP contribution is 2.45. The predicted octanol–water partition coefficient (Wildman–Crippen LogP) is 2.41. The fourth-order valence-corrected chi connectivity index (χ4v) is 5.13. The summed E-state index contributed by atoms with van der Waals surface area (Å²) in [5, 5.41) is 3.00. The first-order valence-electron chi connectivity index (χ1n) is 9.91. The Morgan fingerprint density at radius 2 is 2.11 bits per heavy atom. The molecule has 152 valence electrons. The summed E-state index contributed by atoms with van der Waals surface area (Å²) >= 11 is 1.62. The van der Waals surface area contributed by atoms with E-state index in [1.165, 1.54) is 10.4 Å². The average molecular weight is 397 g/mol. The van der Waals surface area contributed by atoms with Gasteiger partial charge in [-0.1, -0.05) is 0 Å². The normalized spacial score (nSPS) is 19.4. The van der Waals surface area contributed by atoms with Crippen LogP contribution in [0.4, 0.5) is 0 Å². The van der Waals surface area contributed by atoms with Crippen molar-refractivity contribution in [3.63, 3.8) is 0 Å². The molecule has 0 aromatic carbocycles. The van der Waals surface area contributed by atoms with Gasteiger partial charge in [0.1, 0.15) is 5.60 Å². The Labute approximate surface area is 166 Å². The third-order valence-electron chi connectivity index (χ3n) is 5.26. The van der Waals surface area contributed by atoms with Crippen molar-refractivity contribution in [1.29, 1.82) is 0 Å². The molecule has 1 spiro atoms. The number of nitrogens with zero attached hydrogens (tertiary/aromatic N) is 1. The second kappa shape index (κ2) is 9.47. The predicted molar refractivity (Wildman–Crippen MR) is 107 cm³/mol. The molecular weight excluding hydrogens is 364 g/mol. The number of rotatable bonds is 8. The molecule has 1 amide bonds. The van der Waals surface area contributed by atoms with E-state index >= 15 is 0 Å². The van der Waals surface area contributed by atoms with Crippen LogP contribution in [-0.2, 0) is 26.2 Å². The van der Waals surface area contributed by atoms with Gasteiger partial charge in [0.05, 0.1) is 31.3 Å². The van der Waals surface area contributed by atoms with Gasteiger partial charge in [-0.05, 0) is 44.7 Å². The van der Waals surface area contributed by atoms with Gasteiger partial charge in [0, 0.05) is 37.7 Å². The Hall–Kier alpha value is -0.990. The maximum absolute atomic E-state index is 12.4. The minimum absolute atomic E-state index is 0.0326. The van der Waals surface area contributed by atoms with E-state index in [1.807, 2.05) is 13.8 Å². The van der Waals surface area contributed by atoms with Crippen LogP contribution in [0.3, 0.4) is 0 Å². The summed E-state index contributed by atoms with van der Waals surface area (Å²) in [6, 6.07) is 2.23. The zero-order valence-electron chi connectivity index (χ0n) is 16.7. The molecule has 1 fully saturated rings. The number of likely N-dealkylation sites (tertiary alicyclic amines) is 1. The van der Waals surface area contributed by atoms with Crippen LogP contribution < -0.4 is 5.32 Å². The summed E-state index contributed by atoms with van der Waals surface area (Å²) in [5.74, 6) is 0.0326. The fourth-order valence-electron chi connectivity index (χ4n) is 3.81. The molecule has 27 heavy (non-hydrogen) atoms. The van der Waals surface area contributed by atoms with Gasteiger partial charge in [0.15, 0.2) is 0 Å². The van der Waals surface area contributed by atoms with Gasteiger partial charge in [-0.3, -0.25) is 4.79 Å². The van der Waals surface area contributed by atoms with Crippen LogP contribution in [0.15, 0.2) is 6.07 Å². The van der Waals surface area contributed by atoms with Crippen LogP contribution in [0.1, 0.15) is 46.8 Å². The Bertz CT molecular complexity index is 623. The highest BCUT2D eigenvalue weighted by molar-refractivity contribution is 7.14. The maximum atomic E-state index is 12.4. The first kappa shape index (κ1) is 20.7. The Kier molecular flexibility index (Phi) is 7.28. The molecule has 0 unspecified atom stereocenters. The third-order valence-corrected chi connectivity index (χ3v) is 6.62. The molecule has 6 nitrogen and oxygen atoms in total. The van der Waals surface area contributed by atoms with E-state index in [0.29, 0.717) is 13.2 Å². The molecule has 0 bridgehead atoms. The van der Waals surface area contributed by atoms with Crippen LogP contribution in [0, 0.1) is 0 Å². The monoisotopic (exact) mass is 396 g/mol. The average Bonchev–Trinajstić information content (AvgIpc) is 3.09. The highest BCUT2D eigenvalue weighted by atomic mass is 32.1. The summed E-state index contributed by atoms with van der Waals surface area (Å²) < 4.78 is 16.9. The smallest absolute Gasteiger partial charge is 0.261 e. The van der Waals surface area contributed by atoms with Gasteiger partial charge < -0.3 is 24.4 Å². The van der Waals surface area contributed by atoms with Crippen molar-refractivity contribution in [1.82, 2.24) is 10.2 Å². The fraction of sp³-hybridized carbons (Fsp3) is 0.750. The Balaban J connectivity index is 1.59. The summed E-state index contributed by atoms with van der Waals surface area (Å²) in [6.07, 6.45) is 2.85. The lowest BCUT2D eigenvalue weighted by Crippen LogP contribution is -2.46. The first-order valence-corrected chi connectivity index (χ1v) is 10.7. The topological polar surface area (TPSA) is 60.0 Å². The van der Waals surface area contributed by atoms with Gasteiger partial charge in [-0.2, -0.15) is 0 Å². The molecule has 1 aromatic heterocycles. The van der Waals surface area contributed by atoms with Crippen LogP contribution >= 0.6 is 11.3 Å². The maximum Gasteiger partial charge on any atom is 0.261 e. The van der Waals surface area contributed by atoms with Crippen molar-refractivity contribution >= 4 is 17.2 Å². The first-order chi connectivity index (χ1) is 13.0. The summed E-state index contributed by atoms with van der Waals surface area (Å²) in [5.41, 5.74) is 1.10. The minimum atomic E-state index is -0.206. The lowest BCUT2D eigenvalue weighted by atomic mass is 9.85. The Morgan fingerprint density at radius 3 is 2.81 bits per heavy atom. The van der Waals surface area contributed by atoms with Crippen LogP contribution in [-0.4, -0.2) is 70.0 Å². The van der Waals surface area contributed by atoms with E-state index in [2.05, 4.69) is 16.3 Å². The highest BCUT2D eigenvalue weighted by Gasteiger charge is 2.42. The van der Waals surface area contributed by atoms with Gasteiger partial charge in [0.2, 0.25) is 0 Å². The number of carbonyl (C=O) groups excluding carboxylic acids is 1. The molecule has 1 saturated heterocycles. The minimum Gasteiger partial charge on any atom is -0.382 e. The third kappa shape index (κ3) is 5.09. The number of hydrogen-bond acceptors (Lipinski definition) is 6. The number of piperidine rings is 1. The van der Waals surface area contributed by atoms with Crippen molar-refractivity contribution in [2.24, 2.45) is 0 Å². The molecule has 7 heteroatoms. The van der Waals surface area contributed by atoms with E-state index < -0.39 is 0 Å². The van der Waals surface area contributed by atoms with Gasteiger partial charge in [-0.15, -0.1) is 11.3 Å². The molecule has 2 aliphatic rings. The van der Waals surface area contributed by atoms with Gasteiger partial charge in [-0.25, -0.2) is 0 Å². The second-order valence-electron chi connectivity index (χ2n) is 7.63. The Morgan fingerprint density at radius 1 is 1.33 bits per heavy atom. The quantitative estimate of drug-likeness (QED) is 0.684. The number of nitrogens with one attached hydrogen (secondary N) is 1. The zero-order valence-corrected chi connectivity index (χ0v) is 17.5. The van der Waals surface area contributed by atoms with Crippen LogP contribution in [0.5, 0.6) is 0 Å². The van der Waals surface area contributed by atoms with E-state index in [9.17, 15) is 4.79 Å². The molecule has 0 atom stereocenters. The molecule has 1 N–H and O–H groups in total. The second-order valence-corrected chi connectivity index (χ2v) is 8.68. The number of amides is 1. The van der Waals surface area contributed by atoms with Crippen LogP contribution in [0.2, 0.25) is 0 Å². The molecule has 1 aromatic rings. The number of thiophene rings is 1. The van der Waals surface area contributed by atoms with Crippen molar-refractivity contribution in [2.75, 3.05) is 53.2 Å². The summed E-state index contributed by atoms with van der Waals surface area (Å²) in [6.45, 7) is 9.70. The molecule has 0 saturated carbocycles. The number of ether oxygens (including phenoxy) is 3. The number of hydrogen-bond donors (Lipinski definition) is 1. The SMILES string of the molecule is COCCOCCN1CCC2(CC1)OCCc1cc(C(=O)NC(C)C)sc12. The summed E-state index contributed by atoms with van der Waals surface area (Å²) in [7, 11) is 1.69. The van der Waals surface area contributed by atoms with Crippen molar-refractivity contribution < 1.29 is 19.0 Å². The van der Waals surface area contributed by atoms with Crippen LogP contribution in [0.25, 0.3) is 0 Å². The molecule has 2 aliphatic heterocycles. The lowest BCUT2D eigenvalue weighted by molar-refractivity contribution is -0.0969. The molecule has 0 aliphatic carbocycles. The zero-order chi connectivity index (χ0) is 19.3. The van der Waals surface area contributed by atoms with E-state index in [1.54, 1.807) is 18.4 Å². The number of fused-ring (bicyclic) bond motifs is 2. The van der Waals surface area contributed by atoms with Gasteiger partial charge in [0.25, 0.3) is 5.91 Å². The summed E-state index contributed by atoms with van der Waals surface area (Å²) in [4.78, 5) is 16.9. The van der Waals surface area contributed by atoms with Crippen molar-refractivity contribution in [2.45, 2.75) is 44.8 Å². The van der Waals surface area contributed by atoms with E-state index in [4.69, 9.17) is 14.2 Å².